The molecule has 0 bridgehead atoms. The molecule has 0 radical (unpaired) electrons. The molecule has 2 heteroatoms. The quantitative estimate of drug-likeness (QED) is 0.742. The third-order valence-corrected chi connectivity index (χ3v) is 4.24. The first-order valence-corrected chi connectivity index (χ1v) is 6.65. The molecular formula is C15H19NO. The van der Waals surface area contributed by atoms with Gasteiger partial charge in [0, 0.05) is 12.5 Å². The van der Waals surface area contributed by atoms with Crippen molar-refractivity contribution in [3.05, 3.63) is 35.4 Å². The van der Waals surface area contributed by atoms with Gasteiger partial charge in [-0.3, -0.25) is 4.90 Å². The highest BCUT2D eigenvalue weighted by atomic mass is 16.1. The van der Waals surface area contributed by atoms with Gasteiger partial charge in [-0.1, -0.05) is 30.7 Å². The summed E-state index contributed by atoms with van der Waals surface area (Å²) in [7, 11) is 0. The van der Waals surface area contributed by atoms with Crippen molar-refractivity contribution in [2.45, 2.75) is 37.6 Å². The number of hydrogen-bond acceptors (Lipinski definition) is 2. The first-order chi connectivity index (χ1) is 8.38. The number of rotatable bonds is 3. The van der Waals surface area contributed by atoms with Gasteiger partial charge in [0.25, 0.3) is 0 Å². The van der Waals surface area contributed by atoms with Crippen LogP contribution in [0.15, 0.2) is 24.3 Å². The lowest BCUT2D eigenvalue weighted by Gasteiger charge is -2.39. The van der Waals surface area contributed by atoms with Crippen LogP contribution in [0.1, 0.15) is 36.3 Å². The Bertz CT molecular complexity index is 415. The van der Waals surface area contributed by atoms with Crippen LogP contribution in [0.25, 0.3) is 0 Å². The van der Waals surface area contributed by atoms with Gasteiger partial charge in [-0.15, -0.1) is 0 Å². The minimum atomic E-state index is 0.177. The van der Waals surface area contributed by atoms with E-state index < -0.39 is 0 Å². The maximum atomic E-state index is 11.1. The summed E-state index contributed by atoms with van der Waals surface area (Å²) in [6, 6.07) is 8.88. The second-order valence-corrected chi connectivity index (χ2v) is 5.29. The van der Waals surface area contributed by atoms with E-state index in [1.54, 1.807) is 0 Å². The summed E-state index contributed by atoms with van der Waals surface area (Å²) in [5.74, 6) is 0.659. The zero-order valence-electron chi connectivity index (χ0n) is 10.1. The molecule has 0 N–H and O–H groups in total. The van der Waals surface area contributed by atoms with E-state index in [-0.39, 0.29) is 6.04 Å². The number of fused-ring (bicyclic) bond motifs is 1. The van der Waals surface area contributed by atoms with Gasteiger partial charge in [-0.2, -0.15) is 0 Å². The van der Waals surface area contributed by atoms with Gasteiger partial charge in [-0.25, -0.2) is 0 Å². The molecule has 3 rings (SSSR count). The fourth-order valence-corrected chi connectivity index (χ4v) is 3.21. The number of nitrogens with zero attached hydrogens (tertiary/aromatic N) is 1. The Morgan fingerprint density at radius 3 is 3.00 bits per heavy atom. The molecule has 1 heterocycles. The number of likely N-dealkylation sites (tertiary alicyclic amines) is 1. The summed E-state index contributed by atoms with van der Waals surface area (Å²) < 4.78 is 0. The highest BCUT2D eigenvalue weighted by molar-refractivity contribution is 5.57. The van der Waals surface area contributed by atoms with Crippen molar-refractivity contribution in [3.63, 3.8) is 0 Å². The van der Waals surface area contributed by atoms with E-state index in [0.717, 1.165) is 25.8 Å². The van der Waals surface area contributed by atoms with Crippen molar-refractivity contribution in [1.82, 2.24) is 4.90 Å². The maximum Gasteiger partial charge on any atom is 0.137 e. The molecule has 2 nitrogen and oxygen atoms in total. The first-order valence-electron chi connectivity index (χ1n) is 6.65. The summed E-state index contributed by atoms with van der Waals surface area (Å²) in [5.41, 5.74) is 3.00. The molecule has 1 aromatic rings. The van der Waals surface area contributed by atoms with Crippen LogP contribution in [0, 0.1) is 0 Å². The molecule has 2 atom stereocenters. The van der Waals surface area contributed by atoms with Crippen LogP contribution in [0.4, 0.5) is 0 Å². The van der Waals surface area contributed by atoms with Crippen LogP contribution < -0.4 is 0 Å². The largest absolute Gasteiger partial charge is 0.302 e. The zero-order valence-corrected chi connectivity index (χ0v) is 10.1. The number of aldehydes is 1. The molecule has 90 valence electrons. The van der Waals surface area contributed by atoms with E-state index in [9.17, 15) is 4.79 Å². The van der Waals surface area contributed by atoms with Gasteiger partial charge < -0.3 is 4.79 Å². The first kappa shape index (κ1) is 11.0. The van der Waals surface area contributed by atoms with Gasteiger partial charge in [0.1, 0.15) is 6.29 Å². The van der Waals surface area contributed by atoms with Crippen molar-refractivity contribution in [2.24, 2.45) is 0 Å². The Kier molecular flexibility index (Phi) is 2.98. The van der Waals surface area contributed by atoms with Gasteiger partial charge in [0.15, 0.2) is 0 Å². The van der Waals surface area contributed by atoms with Crippen LogP contribution in [0.5, 0.6) is 0 Å². The number of benzene rings is 1. The van der Waals surface area contributed by atoms with Crippen LogP contribution >= 0.6 is 0 Å². The van der Waals surface area contributed by atoms with Crippen molar-refractivity contribution in [2.75, 3.05) is 13.1 Å². The van der Waals surface area contributed by atoms with E-state index in [0.29, 0.717) is 5.92 Å². The predicted octanol–water partition coefficient (Wildman–Crippen LogP) is 2.38. The Balaban J connectivity index is 1.66. The second-order valence-electron chi connectivity index (χ2n) is 5.29. The highest BCUT2D eigenvalue weighted by Gasteiger charge is 2.30. The van der Waals surface area contributed by atoms with Crippen molar-refractivity contribution < 1.29 is 4.79 Å². The average Bonchev–Trinajstić information content (AvgIpc) is 2.36. The topological polar surface area (TPSA) is 20.3 Å². The minimum absolute atomic E-state index is 0.177. The van der Waals surface area contributed by atoms with Gasteiger partial charge in [0.2, 0.25) is 0 Å². The van der Waals surface area contributed by atoms with Crippen LogP contribution in [-0.2, 0) is 11.2 Å². The molecule has 0 amide bonds. The van der Waals surface area contributed by atoms with E-state index in [4.69, 9.17) is 0 Å². The summed E-state index contributed by atoms with van der Waals surface area (Å²) in [4.78, 5) is 13.4. The van der Waals surface area contributed by atoms with Gasteiger partial charge in [0.05, 0.1) is 6.04 Å². The zero-order chi connectivity index (χ0) is 11.7. The molecule has 2 aliphatic rings. The second kappa shape index (κ2) is 4.61. The molecule has 17 heavy (non-hydrogen) atoms. The number of hydrogen-bond donors (Lipinski definition) is 0. The monoisotopic (exact) mass is 229 g/mol. The third-order valence-electron chi connectivity index (χ3n) is 4.24. The van der Waals surface area contributed by atoms with Crippen molar-refractivity contribution in [1.29, 1.82) is 0 Å². The molecular weight excluding hydrogens is 210 g/mol. The molecule has 1 fully saturated rings. The van der Waals surface area contributed by atoms with Gasteiger partial charge >= 0.3 is 0 Å². The fourth-order valence-electron chi connectivity index (χ4n) is 3.21. The van der Waals surface area contributed by atoms with E-state index in [2.05, 4.69) is 29.2 Å². The molecule has 1 aliphatic carbocycles. The molecule has 0 saturated carbocycles. The van der Waals surface area contributed by atoms with Crippen LogP contribution in [0.2, 0.25) is 0 Å². The Hall–Kier alpha value is -1.15. The van der Waals surface area contributed by atoms with Crippen molar-refractivity contribution >= 4 is 6.29 Å². The van der Waals surface area contributed by atoms with Crippen LogP contribution in [0.3, 0.4) is 0 Å². The van der Waals surface area contributed by atoms with E-state index >= 15 is 0 Å². The number of carbonyl (C=O) groups excluding carboxylic acids is 1. The molecule has 1 aliphatic heterocycles. The summed E-state index contributed by atoms with van der Waals surface area (Å²) in [6.45, 7) is 2.17. The standard InChI is InChI=1S/C15H19NO/c17-11-14-6-3-4-8-16(14)10-13-9-12-5-1-2-7-15(12)13/h1-2,5,7,11,13-14H,3-4,6,8-10H2. The van der Waals surface area contributed by atoms with Crippen LogP contribution in [-0.4, -0.2) is 30.3 Å². The lowest BCUT2D eigenvalue weighted by molar-refractivity contribution is -0.113. The number of carbonyl (C=O) groups is 1. The molecule has 0 spiro atoms. The highest BCUT2D eigenvalue weighted by Crippen LogP contribution is 2.36. The molecule has 1 saturated heterocycles. The normalized spacial score (nSPS) is 28.2. The fraction of sp³-hybridized carbons (Fsp3) is 0.533. The third kappa shape index (κ3) is 2.02. The predicted molar refractivity (Wildman–Crippen MR) is 68.2 cm³/mol. The van der Waals surface area contributed by atoms with E-state index in [1.165, 1.54) is 30.4 Å². The molecule has 1 aromatic carbocycles. The Labute approximate surface area is 103 Å². The average molecular weight is 229 g/mol. The minimum Gasteiger partial charge on any atom is -0.302 e. The van der Waals surface area contributed by atoms with Crippen molar-refractivity contribution in [3.8, 4) is 0 Å². The lowest BCUT2D eigenvalue weighted by Crippen LogP contribution is -2.44. The SMILES string of the molecule is O=CC1CCCCN1CC1Cc2ccccc21. The molecule has 2 unspecified atom stereocenters. The Morgan fingerprint density at radius 1 is 1.29 bits per heavy atom. The van der Waals surface area contributed by atoms with Gasteiger partial charge in [-0.05, 0) is 36.9 Å². The van der Waals surface area contributed by atoms with E-state index in [1.807, 2.05) is 0 Å². The maximum absolute atomic E-state index is 11.1. The lowest BCUT2D eigenvalue weighted by atomic mass is 9.77. The smallest absolute Gasteiger partial charge is 0.137 e. The molecule has 0 aromatic heterocycles. The summed E-state index contributed by atoms with van der Waals surface area (Å²) in [5, 5.41) is 0. The Morgan fingerprint density at radius 2 is 2.18 bits per heavy atom. The summed E-state index contributed by atoms with van der Waals surface area (Å²) >= 11 is 0. The number of piperidine rings is 1. The summed E-state index contributed by atoms with van der Waals surface area (Å²) in [6.07, 6.45) is 5.85.